The fraction of sp³-hybridized carbons (Fsp3) is 0.462. The molecule has 1 saturated heterocycles. The van der Waals surface area contributed by atoms with Crippen LogP contribution >= 0.6 is 0 Å². The summed E-state index contributed by atoms with van der Waals surface area (Å²) in [5, 5.41) is 0. The number of ketones is 1. The summed E-state index contributed by atoms with van der Waals surface area (Å²) in [5.41, 5.74) is 0.792. The first kappa shape index (κ1) is 10.4. The summed E-state index contributed by atoms with van der Waals surface area (Å²) < 4.78 is 5.63. The van der Waals surface area contributed by atoms with E-state index in [1.54, 1.807) is 0 Å². The van der Waals surface area contributed by atoms with Crippen LogP contribution in [0.3, 0.4) is 0 Å². The Bertz CT molecular complexity index is 332. The Morgan fingerprint density at radius 2 is 2.07 bits per heavy atom. The molecule has 80 valence electrons. The molecule has 0 spiro atoms. The maximum Gasteiger partial charge on any atom is 0.165 e. The summed E-state index contributed by atoms with van der Waals surface area (Å²) in [6.07, 6.45) is 3.06. The molecule has 0 radical (unpaired) electrons. The summed E-state index contributed by atoms with van der Waals surface area (Å²) in [6, 6.07) is 9.43. The van der Waals surface area contributed by atoms with Crippen LogP contribution in [-0.4, -0.2) is 18.0 Å². The maximum atomic E-state index is 11.8. The molecule has 15 heavy (non-hydrogen) atoms. The molecule has 1 aromatic rings. The molecule has 1 aromatic carbocycles. The molecule has 2 rings (SSSR count). The van der Waals surface area contributed by atoms with Crippen molar-refractivity contribution < 1.29 is 9.53 Å². The van der Waals surface area contributed by atoms with Crippen molar-refractivity contribution >= 4 is 5.78 Å². The number of carbonyl (C=O) groups excluding carboxylic acids is 1. The molecule has 2 atom stereocenters. The van der Waals surface area contributed by atoms with Gasteiger partial charge in [-0.1, -0.05) is 30.3 Å². The average Bonchev–Trinajstić information content (AvgIpc) is 2.65. The summed E-state index contributed by atoms with van der Waals surface area (Å²) in [6.45, 7) is 2.06. The van der Waals surface area contributed by atoms with E-state index in [-0.39, 0.29) is 11.9 Å². The number of hydrogen-bond acceptors (Lipinski definition) is 2. The molecule has 0 aromatic heterocycles. The van der Waals surface area contributed by atoms with E-state index in [4.69, 9.17) is 4.74 Å². The highest BCUT2D eigenvalue weighted by Gasteiger charge is 2.24. The molecular weight excluding hydrogens is 188 g/mol. The van der Waals surface area contributed by atoms with E-state index in [9.17, 15) is 4.79 Å². The van der Waals surface area contributed by atoms with E-state index in [1.807, 2.05) is 30.3 Å². The van der Waals surface area contributed by atoms with Crippen LogP contribution in [0.1, 0.15) is 36.5 Å². The number of hydrogen-bond donors (Lipinski definition) is 0. The largest absolute Gasteiger partial charge is 0.375 e. The van der Waals surface area contributed by atoms with Crippen LogP contribution in [0.2, 0.25) is 0 Å². The average molecular weight is 204 g/mol. The minimum Gasteiger partial charge on any atom is -0.375 e. The van der Waals surface area contributed by atoms with Crippen LogP contribution in [0.4, 0.5) is 0 Å². The lowest BCUT2D eigenvalue weighted by Crippen LogP contribution is -2.14. The van der Waals surface area contributed by atoms with Gasteiger partial charge in [0.05, 0.1) is 12.2 Å². The number of carbonyl (C=O) groups is 1. The number of rotatable bonds is 3. The Morgan fingerprint density at radius 3 is 2.67 bits per heavy atom. The predicted octanol–water partition coefficient (Wildman–Crippen LogP) is 2.83. The molecule has 1 fully saturated rings. The Morgan fingerprint density at radius 1 is 1.33 bits per heavy atom. The second-order valence-electron chi connectivity index (χ2n) is 4.14. The lowest BCUT2D eigenvalue weighted by Gasteiger charge is -2.09. The topological polar surface area (TPSA) is 26.3 Å². The third-order valence-corrected chi connectivity index (χ3v) is 2.83. The third-order valence-electron chi connectivity index (χ3n) is 2.83. The molecule has 2 nitrogen and oxygen atoms in total. The molecule has 1 heterocycles. The minimum absolute atomic E-state index is 0.132. The summed E-state index contributed by atoms with van der Waals surface area (Å²) in [5.74, 6) is 0.190. The van der Waals surface area contributed by atoms with Gasteiger partial charge in [0.1, 0.15) is 0 Å². The zero-order chi connectivity index (χ0) is 10.7. The normalized spacial score (nSPS) is 25.4. The molecule has 0 bridgehead atoms. The van der Waals surface area contributed by atoms with E-state index >= 15 is 0 Å². The smallest absolute Gasteiger partial charge is 0.165 e. The maximum absolute atomic E-state index is 11.8. The molecule has 0 amide bonds. The van der Waals surface area contributed by atoms with Gasteiger partial charge in [0.15, 0.2) is 5.78 Å². The summed E-state index contributed by atoms with van der Waals surface area (Å²) >= 11 is 0. The Labute approximate surface area is 90.3 Å². The van der Waals surface area contributed by atoms with Gasteiger partial charge < -0.3 is 4.74 Å². The molecule has 0 saturated carbocycles. The molecular formula is C13H16O2. The van der Waals surface area contributed by atoms with Gasteiger partial charge in [-0.2, -0.15) is 0 Å². The number of ether oxygens (including phenoxy) is 1. The van der Waals surface area contributed by atoms with E-state index in [0.29, 0.717) is 12.5 Å². The van der Waals surface area contributed by atoms with E-state index in [1.165, 1.54) is 0 Å². The Kier molecular flexibility index (Phi) is 3.17. The van der Waals surface area contributed by atoms with Crippen molar-refractivity contribution in [2.24, 2.45) is 0 Å². The zero-order valence-electron chi connectivity index (χ0n) is 8.98. The highest BCUT2D eigenvalue weighted by molar-refractivity contribution is 5.96. The highest BCUT2D eigenvalue weighted by atomic mass is 16.5. The predicted molar refractivity (Wildman–Crippen MR) is 59.0 cm³/mol. The molecule has 0 aliphatic carbocycles. The van der Waals surface area contributed by atoms with Gasteiger partial charge in [-0.3, -0.25) is 4.79 Å². The molecule has 1 aliphatic heterocycles. The first-order valence-electron chi connectivity index (χ1n) is 5.49. The molecule has 2 heteroatoms. The molecule has 1 unspecified atom stereocenters. The summed E-state index contributed by atoms with van der Waals surface area (Å²) in [7, 11) is 0. The second kappa shape index (κ2) is 4.58. The van der Waals surface area contributed by atoms with Crippen LogP contribution in [0.5, 0.6) is 0 Å². The van der Waals surface area contributed by atoms with Gasteiger partial charge in [0.25, 0.3) is 0 Å². The van der Waals surface area contributed by atoms with Crippen molar-refractivity contribution in [2.75, 3.05) is 0 Å². The molecule has 1 aliphatic rings. The number of Topliss-reactive ketones (excluding diaryl/α,β-unsaturated/α-hetero) is 1. The van der Waals surface area contributed by atoms with Gasteiger partial charge in [-0.15, -0.1) is 0 Å². The van der Waals surface area contributed by atoms with Crippen LogP contribution in [0, 0.1) is 0 Å². The van der Waals surface area contributed by atoms with E-state index in [0.717, 1.165) is 18.4 Å². The van der Waals surface area contributed by atoms with Crippen molar-refractivity contribution in [1.82, 2.24) is 0 Å². The van der Waals surface area contributed by atoms with Gasteiger partial charge in [0, 0.05) is 12.0 Å². The van der Waals surface area contributed by atoms with Crippen molar-refractivity contribution in [3.8, 4) is 0 Å². The van der Waals surface area contributed by atoms with Crippen molar-refractivity contribution in [3.63, 3.8) is 0 Å². The fourth-order valence-corrected chi connectivity index (χ4v) is 1.98. The Balaban J connectivity index is 1.93. The lowest BCUT2D eigenvalue weighted by atomic mass is 10.0. The van der Waals surface area contributed by atoms with Gasteiger partial charge in [0.2, 0.25) is 0 Å². The SMILES string of the molecule is CC1CC[C@H](CC(=O)c2ccccc2)O1. The van der Waals surface area contributed by atoms with Gasteiger partial charge in [-0.05, 0) is 19.8 Å². The van der Waals surface area contributed by atoms with Crippen LogP contribution in [-0.2, 0) is 4.74 Å². The minimum atomic E-state index is 0.132. The van der Waals surface area contributed by atoms with Crippen molar-refractivity contribution in [2.45, 2.75) is 38.4 Å². The lowest BCUT2D eigenvalue weighted by molar-refractivity contribution is 0.0475. The van der Waals surface area contributed by atoms with Crippen LogP contribution < -0.4 is 0 Å². The first-order chi connectivity index (χ1) is 7.25. The Hall–Kier alpha value is -1.15. The second-order valence-corrected chi connectivity index (χ2v) is 4.14. The fourth-order valence-electron chi connectivity index (χ4n) is 1.98. The number of benzene rings is 1. The van der Waals surface area contributed by atoms with Gasteiger partial charge in [-0.25, -0.2) is 0 Å². The highest BCUT2D eigenvalue weighted by Crippen LogP contribution is 2.22. The first-order valence-corrected chi connectivity index (χ1v) is 5.49. The van der Waals surface area contributed by atoms with E-state index < -0.39 is 0 Å². The van der Waals surface area contributed by atoms with Crippen LogP contribution in [0.25, 0.3) is 0 Å². The third kappa shape index (κ3) is 2.66. The molecule has 0 N–H and O–H groups in total. The summed E-state index contributed by atoms with van der Waals surface area (Å²) in [4.78, 5) is 11.8. The standard InChI is InChI=1S/C13H16O2/c1-10-7-8-12(15-10)9-13(14)11-5-3-2-4-6-11/h2-6,10,12H,7-9H2,1H3/t10?,12-/m1/s1. The van der Waals surface area contributed by atoms with Crippen molar-refractivity contribution in [3.05, 3.63) is 35.9 Å². The zero-order valence-corrected chi connectivity index (χ0v) is 8.98. The quantitative estimate of drug-likeness (QED) is 0.708. The van der Waals surface area contributed by atoms with Crippen LogP contribution in [0.15, 0.2) is 30.3 Å². The monoisotopic (exact) mass is 204 g/mol. The van der Waals surface area contributed by atoms with Gasteiger partial charge >= 0.3 is 0 Å². The van der Waals surface area contributed by atoms with Crippen molar-refractivity contribution in [1.29, 1.82) is 0 Å². The van der Waals surface area contributed by atoms with E-state index in [2.05, 4.69) is 6.92 Å².